The van der Waals surface area contributed by atoms with Crippen LogP contribution < -0.4 is 4.74 Å². The van der Waals surface area contributed by atoms with E-state index in [-0.39, 0.29) is 22.9 Å². The van der Waals surface area contributed by atoms with Crippen molar-refractivity contribution in [3.8, 4) is 18.1 Å². The lowest BCUT2D eigenvalue weighted by Crippen LogP contribution is -2.04. The predicted molar refractivity (Wildman–Crippen MR) is 57.4 cm³/mol. The molecule has 0 saturated carbocycles. The molecule has 4 heteroatoms. The van der Waals surface area contributed by atoms with Crippen molar-refractivity contribution < 1.29 is 14.6 Å². The predicted octanol–water partition coefficient (Wildman–Crippen LogP) is 2.44. The Balaban J connectivity index is 2.92. The van der Waals surface area contributed by atoms with Crippen LogP contribution in [-0.2, 0) is 0 Å². The molecule has 1 aromatic rings. The molecule has 0 atom stereocenters. The maximum Gasteiger partial charge on any atom is 0.341 e. The number of hydrogen-bond acceptors (Lipinski definition) is 2. The zero-order valence-electron chi connectivity index (χ0n) is 7.87. The highest BCUT2D eigenvalue weighted by molar-refractivity contribution is 6.33. The molecular formula is C11H9ClO3. The number of rotatable bonds is 4. The van der Waals surface area contributed by atoms with Crippen molar-refractivity contribution in [3.05, 3.63) is 28.8 Å². The van der Waals surface area contributed by atoms with E-state index < -0.39 is 5.97 Å². The molecule has 15 heavy (non-hydrogen) atoms. The molecule has 0 aliphatic heterocycles. The smallest absolute Gasteiger partial charge is 0.341 e. The summed E-state index contributed by atoms with van der Waals surface area (Å²) in [5.41, 5.74) is -0.0313. The number of carboxylic acid groups (broad SMARTS) is 1. The minimum Gasteiger partial charge on any atom is -0.492 e. The van der Waals surface area contributed by atoms with Gasteiger partial charge in [0.05, 0.1) is 11.6 Å². The van der Waals surface area contributed by atoms with Crippen molar-refractivity contribution in [2.75, 3.05) is 6.61 Å². The molecule has 0 radical (unpaired) electrons. The molecule has 1 rings (SSSR count). The topological polar surface area (TPSA) is 46.5 Å². The summed E-state index contributed by atoms with van der Waals surface area (Å²) in [7, 11) is 0. The average molecular weight is 225 g/mol. The van der Waals surface area contributed by atoms with Gasteiger partial charge >= 0.3 is 5.97 Å². The maximum atomic E-state index is 10.9. The Hall–Kier alpha value is -1.66. The second-order valence-electron chi connectivity index (χ2n) is 2.72. The van der Waals surface area contributed by atoms with Crippen LogP contribution >= 0.6 is 11.6 Å². The van der Waals surface area contributed by atoms with Gasteiger partial charge < -0.3 is 9.84 Å². The second-order valence-corrected chi connectivity index (χ2v) is 3.13. The highest BCUT2D eigenvalue weighted by Gasteiger charge is 2.14. The van der Waals surface area contributed by atoms with Crippen molar-refractivity contribution in [2.24, 2.45) is 0 Å². The molecule has 0 amide bonds. The van der Waals surface area contributed by atoms with Gasteiger partial charge in [-0.05, 0) is 12.1 Å². The summed E-state index contributed by atoms with van der Waals surface area (Å²) in [5, 5.41) is 9.05. The van der Waals surface area contributed by atoms with E-state index in [1.807, 2.05) is 0 Å². The summed E-state index contributed by atoms with van der Waals surface area (Å²) in [5.74, 6) is 1.52. The Morgan fingerprint density at radius 3 is 2.93 bits per heavy atom. The van der Waals surface area contributed by atoms with E-state index in [0.29, 0.717) is 6.42 Å². The minimum absolute atomic E-state index is 0.0313. The second kappa shape index (κ2) is 5.28. The Morgan fingerprint density at radius 1 is 1.60 bits per heavy atom. The average Bonchev–Trinajstić information content (AvgIpc) is 2.17. The summed E-state index contributed by atoms with van der Waals surface area (Å²) in [6.07, 6.45) is 5.47. The van der Waals surface area contributed by atoms with Gasteiger partial charge in [0, 0.05) is 6.42 Å². The fourth-order valence-electron chi connectivity index (χ4n) is 1.05. The summed E-state index contributed by atoms with van der Waals surface area (Å²) in [6.45, 7) is 0.275. The Labute approximate surface area is 92.6 Å². The lowest BCUT2D eigenvalue weighted by Gasteiger charge is -2.08. The van der Waals surface area contributed by atoms with E-state index in [1.165, 1.54) is 6.07 Å². The van der Waals surface area contributed by atoms with Crippen LogP contribution in [0.3, 0.4) is 0 Å². The van der Waals surface area contributed by atoms with Gasteiger partial charge in [-0.3, -0.25) is 0 Å². The van der Waals surface area contributed by atoms with E-state index in [1.54, 1.807) is 12.1 Å². The third-order valence-corrected chi connectivity index (χ3v) is 2.01. The number of terminal acetylenes is 1. The van der Waals surface area contributed by atoms with Crippen LogP contribution in [0.1, 0.15) is 16.8 Å². The number of benzene rings is 1. The van der Waals surface area contributed by atoms with Gasteiger partial charge in [-0.2, -0.15) is 0 Å². The van der Waals surface area contributed by atoms with Crippen molar-refractivity contribution in [2.45, 2.75) is 6.42 Å². The fourth-order valence-corrected chi connectivity index (χ4v) is 1.30. The van der Waals surface area contributed by atoms with E-state index in [9.17, 15) is 4.79 Å². The van der Waals surface area contributed by atoms with Crippen LogP contribution in [0.25, 0.3) is 0 Å². The summed E-state index contributed by atoms with van der Waals surface area (Å²) in [6, 6.07) is 4.67. The molecule has 0 aliphatic carbocycles. The van der Waals surface area contributed by atoms with Crippen LogP contribution in [0.2, 0.25) is 5.02 Å². The highest BCUT2D eigenvalue weighted by atomic mass is 35.5. The lowest BCUT2D eigenvalue weighted by atomic mass is 10.2. The molecule has 78 valence electrons. The number of ether oxygens (including phenoxy) is 1. The quantitative estimate of drug-likeness (QED) is 0.631. The molecule has 3 nitrogen and oxygen atoms in total. The molecule has 0 spiro atoms. The molecule has 0 fully saturated rings. The zero-order valence-corrected chi connectivity index (χ0v) is 8.62. The van der Waals surface area contributed by atoms with Crippen LogP contribution in [0.15, 0.2) is 18.2 Å². The van der Waals surface area contributed by atoms with E-state index >= 15 is 0 Å². The first kappa shape index (κ1) is 11.4. The molecule has 0 heterocycles. The van der Waals surface area contributed by atoms with Crippen molar-refractivity contribution >= 4 is 17.6 Å². The highest BCUT2D eigenvalue weighted by Crippen LogP contribution is 2.26. The number of hydrogen-bond donors (Lipinski definition) is 1. The monoisotopic (exact) mass is 224 g/mol. The van der Waals surface area contributed by atoms with Crippen LogP contribution in [0, 0.1) is 12.3 Å². The van der Waals surface area contributed by atoms with Crippen LogP contribution in [0.4, 0.5) is 0 Å². The molecule has 0 aromatic heterocycles. The van der Waals surface area contributed by atoms with E-state index in [2.05, 4.69) is 5.92 Å². The third-order valence-electron chi connectivity index (χ3n) is 1.69. The van der Waals surface area contributed by atoms with E-state index in [4.69, 9.17) is 27.9 Å². The Bertz CT molecular complexity index is 407. The van der Waals surface area contributed by atoms with Crippen LogP contribution in [-0.4, -0.2) is 17.7 Å². The van der Waals surface area contributed by atoms with Crippen molar-refractivity contribution in [1.29, 1.82) is 0 Å². The minimum atomic E-state index is -1.11. The number of carbonyl (C=O) groups is 1. The van der Waals surface area contributed by atoms with Gasteiger partial charge in [0.2, 0.25) is 0 Å². The van der Waals surface area contributed by atoms with Crippen molar-refractivity contribution in [1.82, 2.24) is 0 Å². The zero-order chi connectivity index (χ0) is 11.3. The Kier molecular flexibility index (Phi) is 4.02. The van der Waals surface area contributed by atoms with Gasteiger partial charge in [0.25, 0.3) is 0 Å². The van der Waals surface area contributed by atoms with Gasteiger partial charge in [-0.25, -0.2) is 4.79 Å². The molecule has 0 unspecified atom stereocenters. The molecule has 0 saturated heterocycles. The number of carboxylic acids is 1. The number of aromatic carboxylic acids is 1. The lowest BCUT2D eigenvalue weighted by molar-refractivity contribution is 0.0692. The van der Waals surface area contributed by atoms with Gasteiger partial charge in [-0.1, -0.05) is 17.7 Å². The molecule has 0 bridgehead atoms. The van der Waals surface area contributed by atoms with Gasteiger partial charge in [-0.15, -0.1) is 12.3 Å². The third kappa shape index (κ3) is 2.90. The standard InChI is InChI=1S/C11H9ClO3/c1-2-3-7-15-9-6-4-5-8(12)10(9)11(13)14/h1,4-6H,3,7H2,(H,13,14). The molecular weight excluding hydrogens is 216 g/mol. The summed E-state index contributed by atoms with van der Waals surface area (Å²) >= 11 is 5.74. The first-order chi connectivity index (χ1) is 7.16. The van der Waals surface area contributed by atoms with Gasteiger partial charge in [0.1, 0.15) is 11.3 Å². The van der Waals surface area contributed by atoms with E-state index in [0.717, 1.165) is 0 Å². The maximum absolute atomic E-state index is 10.9. The largest absolute Gasteiger partial charge is 0.492 e. The summed E-state index contributed by atoms with van der Waals surface area (Å²) in [4.78, 5) is 10.9. The molecule has 1 N–H and O–H groups in total. The fraction of sp³-hybridized carbons (Fsp3) is 0.182. The first-order valence-corrected chi connectivity index (χ1v) is 4.62. The molecule has 0 aliphatic rings. The molecule has 1 aromatic carbocycles. The SMILES string of the molecule is C#CCCOc1cccc(Cl)c1C(=O)O. The summed E-state index contributed by atoms with van der Waals surface area (Å²) < 4.78 is 5.21. The first-order valence-electron chi connectivity index (χ1n) is 4.25. The Morgan fingerprint density at radius 2 is 2.33 bits per heavy atom. The normalized spacial score (nSPS) is 9.33. The number of halogens is 1. The van der Waals surface area contributed by atoms with Crippen LogP contribution in [0.5, 0.6) is 5.75 Å². The van der Waals surface area contributed by atoms with Crippen molar-refractivity contribution in [3.63, 3.8) is 0 Å². The van der Waals surface area contributed by atoms with Gasteiger partial charge in [0.15, 0.2) is 0 Å².